The number of fused-ring (bicyclic) bond motifs is 1. The number of nitro benzene ring substituents is 1. The number of nitrogens with zero attached hydrogens (tertiary/aromatic N) is 2. The molecule has 0 aromatic heterocycles. The lowest BCUT2D eigenvalue weighted by atomic mass is 10.2. The van der Waals surface area contributed by atoms with Crippen LogP contribution in [-0.4, -0.2) is 54.2 Å². The number of para-hydroxylation sites is 1. The summed E-state index contributed by atoms with van der Waals surface area (Å²) in [5, 5.41) is 20.3. The first kappa shape index (κ1) is 15.3. The van der Waals surface area contributed by atoms with Crippen molar-refractivity contribution in [2.24, 2.45) is 0 Å². The van der Waals surface area contributed by atoms with E-state index in [1.165, 1.54) is 18.2 Å². The average molecular weight is 328 g/mol. The van der Waals surface area contributed by atoms with Crippen LogP contribution in [0.15, 0.2) is 29.2 Å². The third kappa shape index (κ3) is 2.50. The van der Waals surface area contributed by atoms with Gasteiger partial charge in [-0.2, -0.15) is 4.31 Å². The van der Waals surface area contributed by atoms with Gasteiger partial charge in [-0.25, -0.2) is 8.42 Å². The van der Waals surface area contributed by atoms with Crippen molar-refractivity contribution >= 4 is 15.7 Å². The van der Waals surface area contributed by atoms with Gasteiger partial charge in [0.05, 0.1) is 23.7 Å². The predicted molar refractivity (Wildman–Crippen MR) is 75.8 cm³/mol. The highest BCUT2D eigenvalue weighted by atomic mass is 32.2. The molecule has 3 atom stereocenters. The number of ether oxygens (including phenoxy) is 1. The lowest BCUT2D eigenvalue weighted by Crippen LogP contribution is -2.43. The van der Waals surface area contributed by atoms with E-state index in [0.29, 0.717) is 6.42 Å². The smallest absolute Gasteiger partial charge is 0.289 e. The van der Waals surface area contributed by atoms with Crippen LogP contribution in [0.3, 0.4) is 0 Å². The molecule has 120 valence electrons. The molecule has 1 heterocycles. The Labute approximate surface area is 127 Å². The van der Waals surface area contributed by atoms with Crippen LogP contribution in [0.2, 0.25) is 0 Å². The van der Waals surface area contributed by atoms with E-state index in [1.54, 1.807) is 0 Å². The minimum atomic E-state index is -4.08. The summed E-state index contributed by atoms with van der Waals surface area (Å²) in [6, 6.07) is 4.88. The number of benzene rings is 1. The summed E-state index contributed by atoms with van der Waals surface area (Å²) in [5.74, 6) is 0. The Morgan fingerprint density at radius 2 is 2.09 bits per heavy atom. The summed E-state index contributed by atoms with van der Waals surface area (Å²) in [7, 11) is -4.08. The standard InChI is InChI=1S/C13H16N2O6S/c16-8-7-14(10-5-6-11-13(10)21-11)22(19,20)12-4-2-1-3-9(12)15(17)18/h1-4,10-11,13,16H,5-8H2. The molecule has 1 saturated carbocycles. The van der Waals surface area contributed by atoms with E-state index < -0.39 is 20.6 Å². The van der Waals surface area contributed by atoms with Gasteiger partial charge in [-0.1, -0.05) is 12.1 Å². The van der Waals surface area contributed by atoms with Gasteiger partial charge in [0.1, 0.15) is 6.10 Å². The van der Waals surface area contributed by atoms with Crippen LogP contribution in [0.1, 0.15) is 12.8 Å². The Bertz CT molecular complexity index is 692. The highest BCUT2D eigenvalue weighted by Crippen LogP contribution is 2.43. The van der Waals surface area contributed by atoms with Gasteiger partial charge in [-0.05, 0) is 18.9 Å². The maximum absolute atomic E-state index is 12.9. The van der Waals surface area contributed by atoms with Crippen molar-refractivity contribution in [3.63, 3.8) is 0 Å². The van der Waals surface area contributed by atoms with Gasteiger partial charge in [0, 0.05) is 12.6 Å². The fourth-order valence-electron chi connectivity index (χ4n) is 3.05. The monoisotopic (exact) mass is 328 g/mol. The van der Waals surface area contributed by atoms with Crippen molar-refractivity contribution in [2.75, 3.05) is 13.2 Å². The molecule has 3 unspecified atom stereocenters. The van der Waals surface area contributed by atoms with E-state index in [4.69, 9.17) is 4.74 Å². The third-order valence-electron chi connectivity index (χ3n) is 4.09. The van der Waals surface area contributed by atoms with E-state index in [9.17, 15) is 23.6 Å². The van der Waals surface area contributed by atoms with E-state index >= 15 is 0 Å². The number of nitro groups is 1. The zero-order valence-corrected chi connectivity index (χ0v) is 12.5. The summed E-state index contributed by atoms with van der Waals surface area (Å²) < 4.78 is 32.2. The lowest BCUT2D eigenvalue weighted by molar-refractivity contribution is -0.387. The highest BCUT2D eigenvalue weighted by Gasteiger charge is 2.55. The van der Waals surface area contributed by atoms with Gasteiger partial charge in [-0.15, -0.1) is 0 Å². The SMILES string of the molecule is O=[N+]([O-])c1ccccc1S(=O)(=O)N(CCO)C1CCC2OC21. The Morgan fingerprint density at radius 3 is 2.64 bits per heavy atom. The maximum Gasteiger partial charge on any atom is 0.289 e. The Balaban J connectivity index is 2.01. The number of rotatable bonds is 6. The summed E-state index contributed by atoms with van der Waals surface area (Å²) in [6.45, 7) is -0.459. The predicted octanol–water partition coefficient (Wildman–Crippen LogP) is 0.508. The quantitative estimate of drug-likeness (QED) is 0.462. The number of hydrogen-bond acceptors (Lipinski definition) is 6. The molecule has 1 saturated heterocycles. The van der Waals surface area contributed by atoms with E-state index in [-0.39, 0.29) is 36.3 Å². The lowest BCUT2D eigenvalue weighted by Gasteiger charge is -2.27. The van der Waals surface area contributed by atoms with Gasteiger partial charge in [-0.3, -0.25) is 10.1 Å². The minimum Gasteiger partial charge on any atom is -0.395 e. The highest BCUT2D eigenvalue weighted by molar-refractivity contribution is 7.89. The van der Waals surface area contributed by atoms with E-state index in [1.807, 2.05) is 0 Å². The molecule has 8 nitrogen and oxygen atoms in total. The van der Waals surface area contributed by atoms with Crippen LogP contribution in [-0.2, 0) is 14.8 Å². The third-order valence-corrected chi connectivity index (χ3v) is 6.06. The Morgan fingerprint density at radius 1 is 1.36 bits per heavy atom. The first-order chi connectivity index (χ1) is 10.5. The molecule has 1 N–H and O–H groups in total. The first-order valence-corrected chi connectivity index (χ1v) is 8.42. The second-order valence-electron chi connectivity index (χ2n) is 5.35. The molecule has 1 aromatic rings. The average Bonchev–Trinajstić information content (AvgIpc) is 3.17. The van der Waals surface area contributed by atoms with Crippen molar-refractivity contribution in [1.29, 1.82) is 0 Å². The molecule has 2 aliphatic rings. The van der Waals surface area contributed by atoms with Crippen molar-refractivity contribution < 1.29 is 23.2 Å². The molecule has 22 heavy (non-hydrogen) atoms. The fraction of sp³-hybridized carbons (Fsp3) is 0.538. The van der Waals surface area contributed by atoms with Crippen molar-refractivity contribution in [3.8, 4) is 0 Å². The second kappa shape index (κ2) is 5.58. The number of aliphatic hydroxyl groups is 1. The van der Waals surface area contributed by atoms with Crippen molar-refractivity contribution in [2.45, 2.75) is 36.0 Å². The van der Waals surface area contributed by atoms with Gasteiger partial charge in [0.25, 0.3) is 5.69 Å². The summed E-state index contributed by atoms with van der Waals surface area (Å²) in [5.41, 5.74) is -0.461. The van der Waals surface area contributed by atoms with Crippen LogP contribution in [0.4, 0.5) is 5.69 Å². The van der Waals surface area contributed by atoms with Crippen LogP contribution in [0, 0.1) is 10.1 Å². The van der Waals surface area contributed by atoms with E-state index in [2.05, 4.69) is 0 Å². The largest absolute Gasteiger partial charge is 0.395 e. The molecular weight excluding hydrogens is 312 g/mol. The van der Waals surface area contributed by atoms with E-state index in [0.717, 1.165) is 16.8 Å². The normalized spacial score (nSPS) is 26.9. The van der Waals surface area contributed by atoms with Crippen molar-refractivity contribution in [3.05, 3.63) is 34.4 Å². The Hall–Kier alpha value is -1.55. The topological polar surface area (TPSA) is 113 Å². The van der Waals surface area contributed by atoms with Gasteiger partial charge in [0.15, 0.2) is 4.90 Å². The van der Waals surface area contributed by atoms with Gasteiger partial charge >= 0.3 is 0 Å². The van der Waals surface area contributed by atoms with Crippen LogP contribution >= 0.6 is 0 Å². The summed E-state index contributed by atoms with van der Waals surface area (Å²) in [6.07, 6.45) is 1.31. The van der Waals surface area contributed by atoms with Crippen LogP contribution in [0.5, 0.6) is 0 Å². The molecule has 0 spiro atoms. The maximum atomic E-state index is 12.9. The number of hydrogen-bond donors (Lipinski definition) is 1. The summed E-state index contributed by atoms with van der Waals surface area (Å²) in [4.78, 5) is 10.0. The first-order valence-electron chi connectivity index (χ1n) is 6.98. The molecule has 0 bridgehead atoms. The number of epoxide rings is 1. The number of sulfonamides is 1. The van der Waals surface area contributed by atoms with Crippen LogP contribution < -0.4 is 0 Å². The second-order valence-corrected chi connectivity index (χ2v) is 7.21. The molecule has 1 aliphatic heterocycles. The molecule has 1 aliphatic carbocycles. The minimum absolute atomic E-state index is 0.0761. The van der Waals surface area contributed by atoms with Gasteiger partial charge < -0.3 is 9.84 Å². The van der Waals surface area contributed by atoms with Crippen molar-refractivity contribution in [1.82, 2.24) is 4.31 Å². The summed E-state index contributed by atoms with van der Waals surface area (Å²) >= 11 is 0. The van der Waals surface area contributed by atoms with Crippen LogP contribution in [0.25, 0.3) is 0 Å². The van der Waals surface area contributed by atoms with Gasteiger partial charge in [0.2, 0.25) is 10.0 Å². The zero-order chi connectivity index (χ0) is 15.9. The fourth-order valence-corrected chi connectivity index (χ4v) is 4.86. The Kier molecular flexibility index (Phi) is 3.89. The molecule has 3 rings (SSSR count). The zero-order valence-electron chi connectivity index (χ0n) is 11.7. The molecule has 2 fully saturated rings. The molecule has 0 amide bonds. The number of aliphatic hydroxyl groups excluding tert-OH is 1. The molecule has 1 aromatic carbocycles. The molecular formula is C13H16N2O6S. The molecule has 0 radical (unpaired) electrons. The molecule has 9 heteroatoms.